The summed E-state index contributed by atoms with van der Waals surface area (Å²) in [4.78, 5) is 15.5. The molecule has 0 spiro atoms. The lowest BCUT2D eigenvalue weighted by molar-refractivity contribution is -0.144. The van der Waals surface area contributed by atoms with E-state index < -0.39 is 11.5 Å². The molecule has 1 aliphatic rings. The highest BCUT2D eigenvalue weighted by atomic mass is 32.2. The second-order valence-corrected chi connectivity index (χ2v) is 5.85. The summed E-state index contributed by atoms with van der Waals surface area (Å²) in [6.07, 6.45) is 6.24. The first-order chi connectivity index (χ1) is 8.66. The van der Waals surface area contributed by atoms with Crippen LogP contribution in [0.1, 0.15) is 32.6 Å². The Balaban J connectivity index is 1.97. The van der Waals surface area contributed by atoms with Gasteiger partial charge in [-0.2, -0.15) is 0 Å². The number of aromatic nitrogens is 1. The van der Waals surface area contributed by atoms with E-state index in [4.69, 9.17) is 4.42 Å². The number of oxazole rings is 1. The van der Waals surface area contributed by atoms with Crippen LogP contribution >= 0.6 is 11.8 Å². The van der Waals surface area contributed by atoms with Gasteiger partial charge in [-0.3, -0.25) is 4.79 Å². The molecule has 1 aliphatic carbocycles. The molecule has 0 saturated heterocycles. The van der Waals surface area contributed by atoms with Crippen molar-refractivity contribution in [3.63, 3.8) is 0 Å². The van der Waals surface area contributed by atoms with Crippen LogP contribution in [0.2, 0.25) is 0 Å². The first kappa shape index (κ1) is 13.4. The van der Waals surface area contributed by atoms with Gasteiger partial charge in [0, 0.05) is 5.25 Å². The van der Waals surface area contributed by atoms with Crippen LogP contribution in [-0.4, -0.2) is 33.4 Å². The maximum absolute atomic E-state index is 11.5. The first-order valence-electron chi connectivity index (χ1n) is 6.21. The smallest absolute Gasteiger partial charge is 0.323 e. The first-order valence-corrected chi connectivity index (χ1v) is 7.09. The number of carbonyl (C=O) groups is 1. The number of carboxylic acid groups (broad SMARTS) is 1. The van der Waals surface area contributed by atoms with E-state index >= 15 is 0 Å². The van der Waals surface area contributed by atoms with E-state index in [1.54, 1.807) is 6.20 Å². The molecule has 0 radical (unpaired) electrons. The van der Waals surface area contributed by atoms with Crippen molar-refractivity contribution in [2.24, 2.45) is 0 Å². The quantitative estimate of drug-likeness (QED) is 0.825. The molecule has 0 amide bonds. The summed E-state index contributed by atoms with van der Waals surface area (Å²) in [5.74, 6) is -0.744. The van der Waals surface area contributed by atoms with Gasteiger partial charge >= 0.3 is 5.97 Å². The fourth-order valence-corrected chi connectivity index (χ4v) is 3.43. The highest BCUT2D eigenvalue weighted by Gasteiger charge is 2.45. The van der Waals surface area contributed by atoms with Gasteiger partial charge in [0.1, 0.15) is 11.8 Å². The maximum atomic E-state index is 11.5. The fraction of sp³-hybridized carbons (Fsp3) is 0.667. The second-order valence-electron chi connectivity index (χ2n) is 4.59. The van der Waals surface area contributed by atoms with E-state index in [-0.39, 0.29) is 5.25 Å². The van der Waals surface area contributed by atoms with Crippen LogP contribution < -0.4 is 5.32 Å². The summed E-state index contributed by atoms with van der Waals surface area (Å²) in [5.41, 5.74) is -0.764. The molecule has 0 aromatic carbocycles. The molecule has 18 heavy (non-hydrogen) atoms. The molecule has 6 heteroatoms. The Morgan fingerprint density at radius 3 is 3.22 bits per heavy atom. The molecule has 2 atom stereocenters. The molecule has 2 unspecified atom stereocenters. The largest absolute Gasteiger partial charge is 0.480 e. The second kappa shape index (κ2) is 5.75. The molecule has 1 aromatic heterocycles. The summed E-state index contributed by atoms with van der Waals surface area (Å²) in [7, 11) is 0. The van der Waals surface area contributed by atoms with E-state index in [0.29, 0.717) is 18.1 Å². The average Bonchev–Trinajstić information content (AvgIpc) is 2.97. The van der Waals surface area contributed by atoms with Crippen LogP contribution in [0.25, 0.3) is 0 Å². The van der Waals surface area contributed by atoms with E-state index in [1.807, 2.05) is 6.92 Å². The number of rotatable bonds is 6. The van der Waals surface area contributed by atoms with Crippen molar-refractivity contribution in [3.05, 3.63) is 12.5 Å². The number of hydrogen-bond donors (Lipinski definition) is 2. The number of nitrogens with zero attached hydrogens (tertiary/aromatic N) is 1. The Kier molecular flexibility index (Phi) is 4.29. The lowest BCUT2D eigenvalue weighted by Gasteiger charge is -2.25. The minimum atomic E-state index is -0.764. The number of hydrogen-bond acceptors (Lipinski definition) is 5. The van der Waals surface area contributed by atoms with Crippen molar-refractivity contribution in [3.8, 4) is 0 Å². The molecule has 100 valence electrons. The fourth-order valence-electron chi connectivity index (χ4n) is 2.31. The van der Waals surface area contributed by atoms with Gasteiger partial charge in [0.15, 0.2) is 0 Å². The minimum Gasteiger partial charge on any atom is -0.480 e. The molecule has 1 heterocycles. The zero-order valence-corrected chi connectivity index (χ0v) is 11.2. The molecule has 2 N–H and O–H groups in total. The Labute approximate surface area is 110 Å². The maximum Gasteiger partial charge on any atom is 0.323 e. The van der Waals surface area contributed by atoms with Crippen molar-refractivity contribution >= 4 is 17.7 Å². The molecular formula is C12H18N2O3S. The summed E-state index contributed by atoms with van der Waals surface area (Å²) >= 11 is 1.53. The Hall–Kier alpha value is -1.01. The molecular weight excluding hydrogens is 252 g/mol. The van der Waals surface area contributed by atoms with E-state index in [1.165, 1.54) is 18.0 Å². The van der Waals surface area contributed by atoms with Crippen LogP contribution in [0.5, 0.6) is 0 Å². The molecule has 0 bridgehead atoms. The summed E-state index contributed by atoms with van der Waals surface area (Å²) < 4.78 is 5.19. The third kappa shape index (κ3) is 2.87. The van der Waals surface area contributed by atoms with Gasteiger partial charge in [-0.25, -0.2) is 4.98 Å². The third-order valence-electron chi connectivity index (χ3n) is 3.27. The molecule has 5 nitrogen and oxygen atoms in total. The van der Waals surface area contributed by atoms with Crippen molar-refractivity contribution < 1.29 is 14.3 Å². The third-order valence-corrected chi connectivity index (χ3v) is 4.41. The number of aliphatic carboxylic acids is 1. The van der Waals surface area contributed by atoms with Crippen molar-refractivity contribution in [1.82, 2.24) is 10.3 Å². The van der Waals surface area contributed by atoms with Gasteiger partial charge in [-0.1, -0.05) is 18.7 Å². The molecule has 0 aliphatic heterocycles. The van der Waals surface area contributed by atoms with Gasteiger partial charge in [0.25, 0.3) is 5.22 Å². The monoisotopic (exact) mass is 270 g/mol. The molecule has 1 saturated carbocycles. The van der Waals surface area contributed by atoms with Gasteiger partial charge < -0.3 is 14.8 Å². The lowest BCUT2D eigenvalue weighted by Crippen LogP contribution is -2.50. The van der Waals surface area contributed by atoms with Gasteiger partial charge in [0.2, 0.25) is 0 Å². The minimum absolute atomic E-state index is 0.254. The van der Waals surface area contributed by atoms with E-state index in [2.05, 4.69) is 10.3 Å². The van der Waals surface area contributed by atoms with Crippen LogP contribution in [0.4, 0.5) is 0 Å². The highest BCUT2D eigenvalue weighted by Crippen LogP contribution is 2.39. The Morgan fingerprint density at radius 2 is 2.61 bits per heavy atom. The van der Waals surface area contributed by atoms with Gasteiger partial charge in [-0.05, 0) is 32.2 Å². The van der Waals surface area contributed by atoms with E-state index in [0.717, 1.165) is 19.4 Å². The normalized spacial score (nSPS) is 27.5. The Morgan fingerprint density at radius 1 is 1.78 bits per heavy atom. The van der Waals surface area contributed by atoms with Crippen LogP contribution in [0.3, 0.4) is 0 Å². The Bertz CT molecular complexity index is 396. The topological polar surface area (TPSA) is 75.4 Å². The number of thioether (sulfide) groups is 1. The van der Waals surface area contributed by atoms with Crippen LogP contribution in [0.15, 0.2) is 22.1 Å². The lowest BCUT2D eigenvalue weighted by atomic mass is 9.98. The van der Waals surface area contributed by atoms with Crippen molar-refractivity contribution in [2.45, 2.75) is 48.6 Å². The van der Waals surface area contributed by atoms with Crippen LogP contribution in [0, 0.1) is 0 Å². The number of carboxylic acids is 1. The summed E-state index contributed by atoms with van der Waals surface area (Å²) in [6.45, 7) is 2.78. The average molecular weight is 270 g/mol. The predicted molar refractivity (Wildman–Crippen MR) is 68.7 cm³/mol. The molecule has 2 rings (SSSR count). The number of nitrogens with one attached hydrogen (secondary N) is 1. The SMILES string of the molecule is CCCNC1(C(=O)O)CCC(Sc2ncco2)C1. The molecule has 1 aromatic rings. The molecule has 1 fully saturated rings. The zero-order chi connectivity index (χ0) is 13.0. The van der Waals surface area contributed by atoms with Crippen molar-refractivity contribution in [2.75, 3.05) is 6.54 Å². The predicted octanol–water partition coefficient (Wildman–Crippen LogP) is 2.14. The highest BCUT2D eigenvalue weighted by molar-refractivity contribution is 7.99. The van der Waals surface area contributed by atoms with Gasteiger partial charge in [-0.15, -0.1) is 0 Å². The van der Waals surface area contributed by atoms with Crippen molar-refractivity contribution in [1.29, 1.82) is 0 Å². The zero-order valence-electron chi connectivity index (χ0n) is 10.4. The van der Waals surface area contributed by atoms with Crippen LogP contribution in [-0.2, 0) is 4.79 Å². The van der Waals surface area contributed by atoms with E-state index in [9.17, 15) is 9.90 Å². The standard InChI is InChI=1S/C12H18N2O3S/c1-2-5-14-12(10(15)16)4-3-9(8-12)18-11-13-6-7-17-11/h6-7,9,14H,2-5,8H2,1H3,(H,15,16). The summed E-state index contributed by atoms with van der Waals surface area (Å²) in [6, 6.07) is 0. The van der Waals surface area contributed by atoms with Gasteiger partial charge in [0.05, 0.1) is 6.20 Å². The summed E-state index contributed by atoms with van der Waals surface area (Å²) in [5, 5.41) is 13.5.